The van der Waals surface area contributed by atoms with Gasteiger partial charge in [0.1, 0.15) is 5.69 Å². The van der Waals surface area contributed by atoms with E-state index in [0.29, 0.717) is 11.4 Å². The zero-order chi connectivity index (χ0) is 9.14. The maximum absolute atomic E-state index is 11.2. The highest BCUT2D eigenvalue weighted by molar-refractivity contribution is 5.97. The standard InChI is InChI=1S/C7H10N4O/c1-4(2)10-7(12)6-5(8)3-9-11-6/h3H,1,8H2,2H3,(H,9,11)(H,10,12). The largest absolute Gasteiger partial charge is 0.396 e. The number of H-pyrrole nitrogens is 1. The number of carbonyl (C=O) groups is 1. The number of anilines is 1. The van der Waals surface area contributed by atoms with Crippen LogP contribution in [0.4, 0.5) is 5.69 Å². The summed E-state index contributed by atoms with van der Waals surface area (Å²) >= 11 is 0. The third-order valence-electron chi connectivity index (χ3n) is 1.22. The van der Waals surface area contributed by atoms with E-state index in [1.54, 1.807) is 6.92 Å². The van der Waals surface area contributed by atoms with Crippen LogP contribution in [0.2, 0.25) is 0 Å². The second kappa shape index (κ2) is 3.08. The van der Waals surface area contributed by atoms with Gasteiger partial charge in [-0.1, -0.05) is 6.58 Å². The van der Waals surface area contributed by atoms with E-state index >= 15 is 0 Å². The van der Waals surface area contributed by atoms with Gasteiger partial charge in [-0.3, -0.25) is 9.89 Å². The van der Waals surface area contributed by atoms with Crippen LogP contribution in [0.15, 0.2) is 18.5 Å². The van der Waals surface area contributed by atoms with Gasteiger partial charge in [-0.2, -0.15) is 5.10 Å². The third-order valence-corrected chi connectivity index (χ3v) is 1.22. The van der Waals surface area contributed by atoms with Crippen molar-refractivity contribution in [3.05, 3.63) is 24.2 Å². The molecule has 0 fully saturated rings. The minimum atomic E-state index is -0.322. The van der Waals surface area contributed by atoms with Gasteiger partial charge in [-0.05, 0) is 6.92 Å². The number of aromatic amines is 1. The minimum absolute atomic E-state index is 0.262. The van der Waals surface area contributed by atoms with Crippen LogP contribution in [-0.4, -0.2) is 16.1 Å². The number of nitrogens with two attached hydrogens (primary N) is 1. The lowest BCUT2D eigenvalue weighted by molar-refractivity contribution is 0.0962. The van der Waals surface area contributed by atoms with Crippen LogP contribution in [0.1, 0.15) is 17.4 Å². The molecule has 5 heteroatoms. The average molecular weight is 166 g/mol. The van der Waals surface area contributed by atoms with E-state index < -0.39 is 0 Å². The number of aromatic nitrogens is 2. The normalized spacial score (nSPS) is 9.42. The highest BCUT2D eigenvalue weighted by atomic mass is 16.1. The lowest BCUT2D eigenvalue weighted by Gasteiger charge is -2.01. The second-order valence-corrected chi connectivity index (χ2v) is 2.43. The first-order valence-electron chi connectivity index (χ1n) is 3.37. The summed E-state index contributed by atoms with van der Waals surface area (Å²) in [6, 6.07) is 0. The van der Waals surface area contributed by atoms with Gasteiger partial charge in [0, 0.05) is 5.70 Å². The summed E-state index contributed by atoms with van der Waals surface area (Å²) < 4.78 is 0. The molecule has 1 aromatic rings. The number of nitrogens with one attached hydrogen (secondary N) is 2. The van der Waals surface area contributed by atoms with Gasteiger partial charge >= 0.3 is 0 Å². The van der Waals surface area contributed by atoms with E-state index in [0.717, 1.165) is 0 Å². The number of rotatable bonds is 2. The summed E-state index contributed by atoms with van der Waals surface area (Å²) in [5.41, 5.74) is 6.59. The van der Waals surface area contributed by atoms with E-state index in [1.165, 1.54) is 6.20 Å². The van der Waals surface area contributed by atoms with Crippen LogP contribution in [-0.2, 0) is 0 Å². The van der Waals surface area contributed by atoms with Crippen molar-refractivity contribution in [2.75, 3.05) is 5.73 Å². The van der Waals surface area contributed by atoms with Crippen LogP contribution in [0.3, 0.4) is 0 Å². The smallest absolute Gasteiger partial charge is 0.275 e. The van der Waals surface area contributed by atoms with Crippen molar-refractivity contribution in [2.45, 2.75) is 6.92 Å². The Kier molecular flexibility index (Phi) is 2.14. The van der Waals surface area contributed by atoms with E-state index in [9.17, 15) is 4.79 Å². The maximum Gasteiger partial charge on any atom is 0.275 e. The van der Waals surface area contributed by atoms with Crippen LogP contribution < -0.4 is 11.1 Å². The van der Waals surface area contributed by atoms with Gasteiger partial charge < -0.3 is 11.1 Å². The van der Waals surface area contributed by atoms with Crippen LogP contribution in [0.25, 0.3) is 0 Å². The summed E-state index contributed by atoms with van der Waals surface area (Å²) in [6.07, 6.45) is 1.38. The number of nitrogens with zero attached hydrogens (tertiary/aromatic N) is 1. The Bertz CT molecular complexity index is 315. The predicted octanol–water partition coefficient (Wildman–Crippen LogP) is 0.255. The fraction of sp³-hybridized carbons (Fsp3) is 0.143. The molecule has 1 heterocycles. The van der Waals surface area contributed by atoms with E-state index in [4.69, 9.17) is 5.73 Å². The molecule has 0 saturated carbocycles. The Hall–Kier alpha value is -1.78. The first-order chi connectivity index (χ1) is 5.61. The van der Waals surface area contributed by atoms with Crippen molar-refractivity contribution >= 4 is 11.6 Å². The molecule has 5 nitrogen and oxygen atoms in total. The molecule has 0 radical (unpaired) electrons. The molecule has 0 aromatic carbocycles. The highest BCUT2D eigenvalue weighted by Gasteiger charge is 2.10. The summed E-state index contributed by atoms with van der Waals surface area (Å²) in [4.78, 5) is 11.2. The maximum atomic E-state index is 11.2. The Morgan fingerprint density at radius 1 is 1.83 bits per heavy atom. The van der Waals surface area contributed by atoms with Gasteiger partial charge in [-0.15, -0.1) is 0 Å². The van der Waals surface area contributed by atoms with Gasteiger partial charge in [0.05, 0.1) is 11.9 Å². The second-order valence-electron chi connectivity index (χ2n) is 2.43. The Balaban J connectivity index is 2.78. The SMILES string of the molecule is C=C(C)NC(=O)c1[nH]ncc1N. The van der Waals surface area contributed by atoms with Gasteiger partial charge in [0.25, 0.3) is 5.91 Å². The zero-order valence-electron chi connectivity index (χ0n) is 6.72. The van der Waals surface area contributed by atoms with Crippen molar-refractivity contribution in [3.8, 4) is 0 Å². The van der Waals surface area contributed by atoms with Crippen LogP contribution >= 0.6 is 0 Å². The molecular weight excluding hydrogens is 156 g/mol. The Morgan fingerprint density at radius 2 is 2.50 bits per heavy atom. The number of hydrogen-bond acceptors (Lipinski definition) is 3. The Morgan fingerprint density at radius 3 is 2.92 bits per heavy atom. The lowest BCUT2D eigenvalue weighted by atomic mass is 10.3. The van der Waals surface area contributed by atoms with E-state index in [2.05, 4.69) is 22.1 Å². The van der Waals surface area contributed by atoms with Crippen molar-refractivity contribution in [3.63, 3.8) is 0 Å². The molecule has 0 aliphatic heterocycles. The van der Waals surface area contributed by atoms with Gasteiger partial charge in [-0.25, -0.2) is 0 Å². The average Bonchev–Trinajstić information content (AvgIpc) is 2.33. The highest BCUT2D eigenvalue weighted by Crippen LogP contribution is 2.05. The number of hydrogen-bond donors (Lipinski definition) is 3. The number of amides is 1. The molecule has 4 N–H and O–H groups in total. The molecule has 0 bridgehead atoms. The van der Waals surface area contributed by atoms with E-state index in [-0.39, 0.29) is 11.6 Å². The first-order valence-corrected chi connectivity index (χ1v) is 3.37. The van der Waals surface area contributed by atoms with Gasteiger partial charge in [0.15, 0.2) is 0 Å². The first kappa shape index (κ1) is 8.32. The van der Waals surface area contributed by atoms with E-state index in [1.807, 2.05) is 0 Å². The predicted molar refractivity (Wildman–Crippen MR) is 45.3 cm³/mol. The van der Waals surface area contributed by atoms with Gasteiger partial charge in [0.2, 0.25) is 0 Å². The van der Waals surface area contributed by atoms with Crippen molar-refractivity contribution in [1.82, 2.24) is 15.5 Å². The molecule has 1 aromatic heterocycles. The molecule has 0 spiro atoms. The third kappa shape index (κ3) is 1.63. The van der Waals surface area contributed by atoms with Crippen molar-refractivity contribution in [1.29, 1.82) is 0 Å². The molecule has 64 valence electrons. The fourth-order valence-electron chi connectivity index (χ4n) is 0.734. The molecule has 0 aliphatic rings. The summed E-state index contributed by atoms with van der Waals surface area (Å²) in [5, 5.41) is 8.59. The molecule has 1 rings (SSSR count). The number of allylic oxidation sites excluding steroid dienone is 1. The quantitative estimate of drug-likeness (QED) is 0.589. The lowest BCUT2D eigenvalue weighted by Crippen LogP contribution is -2.22. The molecule has 12 heavy (non-hydrogen) atoms. The monoisotopic (exact) mass is 166 g/mol. The Labute approximate surface area is 69.7 Å². The molecule has 0 atom stereocenters. The number of nitrogen functional groups attached to an aromatic ring is 1. The molecule has 0 aliphatic carbocycles. The summed E-state index contributed by atoms with van der Waals surface area (Å²) in [6.45, 7) is 5.21. The molecule has 0 saturated heterocycles. The molecular formula is C7H10N4O. The fourth-order valence-corrected chi connectivity index (χ4v) is 0.734. The van der Waals surface area contributed by atoms with Crippen LogP contribution in [0, 0.1) is 0 Å². The topological polar surface area (TPSA) is 83.8 Å². The number of carbonyl (C=O) groups excluding carboxylic acids is 1. The van der Waals surface area contributed by atoms with Crippen molar-refractivity contribution in [2.24, 2.45) is 0 Å². The van der Waals surface area contributed by atoms with Crippen LogP contribution in [0.5, 0.6) is 0 Å². The molecule has 0 unspecified atom stereocenters. The zero-order valence-corrected chi connectivity index (χ0v) is 6.72. The molecule has 1 amide bonds. The summed E-state index contributed by atoms with van der Waals surface area (Å²) in [5.74, 6) is -0.322. The summed E-state index contributed by atoms with van der Waals surface area (Å²) in [7, 11) is 0. The van der Waals surface area contributed by atoms with Crippen molar-refractivity contribution < 1.29 is 4.79 Å². The minimum Gasteiger partial charge on any atom is -0.396 e.